The fourth-order valence-electron chi connectivity index (χ4n) is 9.20. The van der Waals surface area contributed by atoms with Crippen molar-refractivity contribution in [1.29, 1.82) is 0 Å². The molecule has 0 heterocycles. The summed E-state index contributed by atoms with van der Waals surface area (Å²) in [6.45, 7) is 6.51. The molecule has 0 aliphatic heterocycles. The lowest BCUT2D eigenvalue weighted by Gasteiger charge is -2.34. The van der Waals surface area contributed by atoms with Gasteiger partial charge in [0.05, 0.1) is 5.41 Å². The average Bonchev–Trinajstić information content (AvgIpc) is 3.61. The van der Waals surface area contributed by atoms with Crippen molar-refractivity contribution in [2.45, 2.75) is 12.3 Å². The van der Waals surface area contributed by atoms with Gasteiger partial charge in [0.2, 0.25) is 0 Å². The van der Waals surface area contributed by atoms with Crippen LogP contribution in [0.1, 0.15) is 34.7 Å². The van der Waals surface area contributed by atoms with Crippen molar-refractivity contribution < 1.29 is 0 Å². The summed E-state index contributed by atoms with van der Waals surface area (Å²) in [6.07, 6.45) is 0. The molecule has 0 spiro atoms. The van der Waals surface area contributed by atoms with E-state index in [1.807, 2.05) is 0 Å². The molecule has 10 rings (SSSR count). The van der Waals surface area contributed by atoms with Crippen LogP contribution >= 0.6 is 0 Å². The van der Waals surface area contributed by atoms with Gasteiger partial charge in [-0.25, -0.2) is 0 Å². The third-order valence-corrected chi connectivity index (χ3v) is 12.0. The molecule has 1 aliphatic carbocycles. The topological polar surface area (TPSA) is 3.24 Å². The summed E-state index contributed by atoms with van der Waals surface area (Å²) in [5.74, 6) is 0. The molecule has 59 heavy (non-hydrogen) atoms. The van der Waals surface area contributed by atoms with Gasteiger partial charge in [-0.15, -0.1) is 0 Å². The zero-order chi connectivity index (χ0) is 39.8. The van der Waals surface area contributed by atoms with Crippen molar-refractivity contribution in [3.63, 3.8) is 0 Å². The highest BCUT2D eigenvalue weighted by Crippen LogP contribution is 2.56. The van der Waals surface area contributed by atoms with Crippen LogP contribution in [0.4, 0.5) is 17.1 Å². The largest absolute Gasteiger partial charge is 0.310 e. The van der Waals surface area contributed by atoms with Crippen LogP contribution in [-0.2, 0) is 5.41 Å². The number of fused-ring (bicyclic) bond motifs is 3. The fourth-order valence-corrected chi connectivity index (χ4v) is 9.20. The number of benzene rings is 9. The molecule has 1 heteroatoms. The molecule has 0 aromatic heterocycles. The Morgan fingerprint density at radius 1 is 0.356 bits per heavy atom. The first-order valence-corrected chi connectivity index (χ1v) is 20.4. The molecule has 0 radical (unpaired) electrons. The molecule has 0 atom stereocenters. The predicted octanol–water partition coefficient (Wildman–Crippen LogP) is 15.6. The number of hydrogen-bond acceptors (Lipinski definition) is 1. The maximum atomic E-state index is 4.42. The van der Waals surface area contributed by atoms with Gasteiger partial charge in [-0.05, 0) is 122 Å². The smallest absolute Gasteiger partial charge is 0.0713 e. The SMILES string of the molecule is C=C(C)c1cc(N(c2ccc(-c3ccccc3)cc2)c2ccc(-c3ccc4c(c3)C(c3ccccc3)(c3ccccc3)c3ccccc3-4)cc2)ccc1-c1ccccc1. The van der Waals surface area contributed by atoms with E-state index in [2.05, 4.69) is 249 Å². The summed E-state index contributed by atoms with van der Waals surface area (Å²) in [5.41, 5.74) is 19.8. The van der Waals surface area contributed by atoms with Gasteiger partial charge >= 0.3 is 0 Å². The summed E-state index contributed by atoms with van der Waals surface area (Å²) >= 11 is 0. The lowest BCUT2D eigenvalue weighted by Crippen LogP contribution is -2.28. The number of anilines is 3. The van der Waals surface area contributed by atoms with E-state index in [9.17, 15) is 0 Å². The van der Waals surface area contributed by atoms with E-state index >= 15 is 0 Å². The molecule has 280 valence electrons. The number of hydrogen-bond donors (Lipinski definition) is 0. The Morgan fingerprint density at radius 3 is 1.36 bits per heavy atom. The van der Waals surface area contributed by atoms with Gasteiger partial charge in [-0.1, -0.05) is 200 Å². The van der Waals surface area contributed by atoms with Crippen molar-refractivity contribution in [2.75, 3.05) is 4.90 Å². The first kappa shape index (κ1) is 35.9. The second-order valence-electron chi connectivity index (χ2n) is 15.5. The Balaban J connectivity index is 1.09. The van der Waals surface area contributed by atoms with Gasteiger partial charge in [0.15, 0.2) is 0 Å². The van der Waals surface area contributed by atoms with E-state index in [1.54, 1.807) is 0 Å². The Labute approximate surface area is 347 Å². The second kappa shape index (κ2) is 15.1. The normalized spacial score (nSPS) is 12.4. The van der Waals surface area contributed by atoms with Crippen molar-refractivity contribution in [3.05, 3.63) is 265 Å². The first-order chi connectivity index (χ1) is 29.1. The Morgan fingerprint density at radius 2 is 0.780 bits per heavy atom. The molecular formula is C58H43N. The van der Waals surface area contributed by atoms with E-state index in [0.717, 1.165) is 28.2 Å². The Hall–Kier alpha value is -7.48. The zero-order valence-electron chi connectivity index (χ0n) is 33.1. The van der Waals surface area contributed by atoms with E-state index in [0.29, 0.717) is 0 Å². The third kappa shape index (κ3) is 6.29. The quantitative estimate of drug-likeness (QED) is 0.142. The van der Waals surface area contributed by atoms with Crippen molar-refractivity contribution in [2.24, 2.45) is 0 Å². The number of rotatable bonds is 9. The van der Waals surface area contributed by atoms with Crippen LogP contribution in [0.3, 0.4) is 0 Å². The molecule has 0 amide bonds. The van der Waals surface area contributed by atoms with E-state index in [4.69, 9.17) is 0 Å². The summed E-state index contributed by atoms with van der Waals surface area (Å²) in [5, 5.41) is 0. The molecule has 0 bridgehead atoms. The lowest BCUT2D eigenvalue weighted by atomic mass is 9.67. The summed E-state index contributed by atoms with van der Waals surface area (Å²) in [4.78, 5) is 2.36. The zero-order valence-corrected chi connectivity index (χ0v) is 33.1. The molecule has 0 N–H and O–H groups in total. The van der Waals surface area contributed by atoms with Crippen molar-refractivity contribution >= 4 is 22.6 Å². The van der Waals surface area contributed by atoms with Gasteiger partial charge in [-0.2, -0.15) is 0 Å². The van der Waals surface area contributed by atoms with Gasteiger partial charge in [0, 0.05) is 17.1 Å². The van der Waals surface area contributed by atoms with Gasteiger partial charge in [0.25, 0.3) is 0 Å². The molecule has 9 aromatic carbocycles. The van der Waals surface area contributed by atoms with Crippen LogP contribution in [0.25, 0.3) is 50.1 Å². The monoisotopic (exact) mass is 753 g/mol. The highest BCUT2D eigenvalue weighted by Gasteiger charge is 2.46. The minimum atomic E-state index is -0.444. The molecule has 0 saturated carbocycles. The number of nitrogens with zero attached hydrogens (tertiary/aromatic N) is 1. The van der Waals surface area contributed by atoms with Crippen molar-refractivity contribution in [3.8, 4) is 44.5 Å². The molecular weight excluding hydrogens is 711 g/mol. The Kier molecular flexibility index (Phi) is 9.20. The van der Waals surface area contributed by atoms with Crippen LogP contribution in [0, 0.1) is 0 Å². The van der Waals surface area contributed by atoms with Crippen LogP contribution in [0.5, 0.6) is 0 Å². The lowest BCUT2D eigenvalue weighted by molar-refractivity contribution is 0.769. The fraction of sp³-hybridized carbons (Fsp3) is 0.0345. The van der Waals surface area contributed by atoms with Gasteiger partial charge < -0.3 is 4.90 Å². The Bertz CT molecular complexity index is 2870. The molecule has 0 fully saturated rings. The number of allylic oxidation sites excluding steroid dienone is 1. The van der Waals surface area contributed by atoms with Crippen LogP contribution in [-0.4, -0.2) is 0 Å². The van der Waals surface area contributed by atoms with Crippen LogP contribution in [0.15, 0.2) is 237 Å². The summed E-state index contributed by atoms with van der Waals surface area (Å²) in [7, 11) is 0. The predicted molar refractivity (Wildman–Crippen MR) is 249 cm³/mol. The second-order valence-corrected chi connectivity index (χ2v) is 15.5. The standard InChI is InChI=1S/C58H43N/c1-41(2)55-40-51(36-38-52(55)45-19-9-4-10-20-45)59(49-32-27-43(28-33-49)42-17-7-3-8-18-42)50-34-29-44(30-35-50)46-31-37-54-53-25-15-16-26-56(53)58(57(54)39-46,47-21-11-5-12-22-47)48-23-13-6-14-24-48/h3-40H,1H2,2H3. The molecule has 9 aromatic rings. The highest BCUT2D eigenvalue weighted by atomic mass is 15.1. The van der Waals surface area contributed by atoms with E-state index < -0.39 is 5.41 Å². The maximum Gasteiger partial charge on any atom is 0.0713 e. The first-order valence-electron chi connectivity index (χ1n) is 20.4. The van der Waals surface area contributed by atoms with E-state index in [1.165, 1.54) is 66.8 Å². The highest BCUT2D eigenvalue weighted by molar-refractivity contribution is 5.90. The molecule has 0 unspecified atom stereocenters. The minimum Gasteiger partial charge on any atom is -0.310 e. The average molecular weight is 754 g/mol. The maximum absolute atomic E-state index is 4.42. The van der Waals surface area contributed by atoms with E-state index in [-0.39, 0.29) is 0 Å². The summed E-state index contributed by atoms with van der Waals surface area (Å²) in [6, 6.07) is 83.9. The van der Waals surface area contributed by atoms with Crippen LogP contribution < -0.4 is 4.90 Å². The summed E-state index contributed by atoms with van der Waals surface area (Å²) < 4.78 is 0. The van der Waals surface area contributed by atoms with Gasteiger partial charge in [0.1, 0.15) is 0 Å². The van der Waals surface area contributed by atoms with Crippen molar-refractivity contribution in [1.82, 2.24) is 0 Å². The minimum absolute atomic E-state index is 0.444. The van der Waals surface area contributed by atoms with Gasteiger partial charge in [-0.3, -0.25) is 0 Å². The third-order valence-electron chi connectivity index (χ3n) is 12.0. The molecule has 1 nitrogen and oxygen atoms in total. The molecule has 1 aliphatic rings. The van der Waals surface area contributed by atoms with Crippen LogP contribution in [0.2, 0.25) is 0 Å². The molecule has 0 saturated heterocycles.